The van der Waals surface area contributed by atoms with Crippen molar-refractivity contribution in [2.24, 2.45) is 0 Å². The SMILES string of the molecule is c1ccc(-c2ccccc2N(c2ccc3c(c2)oc2ccccc23)c2ccccc2-c2cccc3c2oc2ccccc23)c(-c2ccc3ccccc3c2)c1. The predicted molar refractivity (Wildman–Crippen MR) is 229 cm³/mol. The lowest BCUT2D eigenvalue weighted by atomic mass is 9.91. The van der Waals surface area contributed by atoms with Crippen LogP contribution in [0.2, 0.25) is 0 Å². The molecule has 0 bridgehead atoms. The first-order chi connectivity index (χ1) is 27.3. The van der Waals surface area contributed by atoms with Crippen molar-refractivity contribution in [1.29, 1.82) is 0 Å². The van der Waals surface area contributed by atoms with Gasteiger partial charge in [-0.1, -0.05) is 152 Å². The van der Waals surface area contributed by atoms with Gasteiger partial charge in [0, 0.05) is 50.0 Å². The van der Waals surface area contributed by atoms with Gasteiger partial charge in [0.2, 0.25) is 0 Å². The summed E-state index contributed by atoms with van der Waals surface area (Å²) >= 11 is 0. The quantitative estimate of drug-likeness (QED) is 0.173. The topological polar surface area (TPSA) is 29.5 Å². The highest BCUT2D eigenvalue weighted by Crippen LogP contribution is 2.48. The largest absolute Gasteiger partial charge is 0.456 e. The Morgan fingerprint density at radius 3 is 1.64 bits per heavy atom. The minimum atomic E-state index is 0.842. The number of anilines is 3. The zero-order valence-corrected chi connectivity index (χ0v) is 29.8. The molecule has 0 spiro atoms. The predicted octanol–water partition coefficient (Wildman–Crippen LogP) is 15.1. The monoisotopic (exact) mass is 703 g/mol. The van der Waals surface area contributed by atoms with Crippen molar-refractivity contribution < 1.29 is 8.83 Å². The third-order valence-electron chi connectivity index (χ3n) is 10.9. The summed E-state index contributed by atoms with van der Waals surface area (Å²) in [5.41, 5.74) is 13.3. The van der Waals surface area contributed by atoms with Crippen LogP contribution in [0.1, 0.15) is 0 Å². The molecule has 0 atom stereocenters. The Kier molecular flexibility index (Phi) is 7.17. The molecular formula is C52H33NO2. The summed E-state index contributed by atoms with van der Waals surface area (Å²) in [4.78, 5) is 2.38. The van der Waals surface area contributed by atoms with Gasteiger partial charge in [0.15, 0.2) is 0 Å². The van der Waals surface area contributed by atoms with Gasteiger partial charge in [-0.25, -0.2) is 0 Å². The molecule has 258 valence electrons. The maximum Gasteiger partial charge on any atom is 0.143 e. The lowest BCUT2D eigenvalue weighted by Gasteiger charge is -2.30. The molecule has 0 saturated carbocycles. The van der Waals surface area contributed by atoms with Gasteiger partial charge in [-0.2, -0.15) is 0 Å². The van der Waals surface area contributed by atoms with Crippen LogP contribution >= 0.6 is 0 Å². The Bertz CT molecular complexity index is 3240. The maximum atomic E-state index is 6.63. The second-order valence-electron chi connectivity index (χ2n) is 14.0. The van der Waals surface area contributed by atoms with Gasteiger partial charge in [-0.3, -0.25) is 0 Å². The zero-order valence-electron chi connectivity index (χ0n) is 29.8. The lowest BCUT2D eigenvalue weighted by Crippen LogP contribution is -2.12. The average Bonchev–Trinajstić information content (AvgIpc) is 3.82. The van der Waals surface area contributed by atoms with E-state index in [4.69, 9.17) is 8.83 Å². The van der Waals surface area contributed by atoms with Crippen LogP contribution in [0.4, 0.5) is 17.1 Å². The molecule has 0 aliphatic rings. The third-order valence-corrected chi connectivity index (χ3v) is 10.9. The Hall–Kier alpha value is -7.36. The molecule has 0 unspecified atom stereocenters. The van der Waals surface area contributed by atoms with Crippen molar-refractivity contribution in [1.82, 2.24) is 0 Å². The average molecular weight is 704 g/mol. The van der Waals surface area contributed by atoms with Crippen molar-refractivity contribution >= 4 is 71.7 Å². The Balaban J connectivity index is 1.17. The molecule has 0 N–H and O–H groups in total. The number of para-hydroxylation sites is 5. The molecule has 9 aromatic carbocycles. The van der Waals surface area contributed by atoms with E-state index in [0.29, 0.717) is 0 Å². The molecule has 11 rings (SSSR count). The Morgan fingerprint density at radius 1 is 0.309 bits per heavy atom. The first-order valence-corrected chi connectivity index (χ1v) is 18.7. The van der Waals surface area contributed by atoms with Crippen LogP contribution in [0.5, 0.6) is 0 Å². The van der Waals surface area contributed by atoms with Gasteiger partial charge < -0.3 is 13.7 Å². The van der Waals surface area contributed by atoms with Crippen LogP contribution in [0.3, 0.4) is 0 Å². The number of fused-ring (bicyclic) bond motifs is 7. The summed E-state index contributed by atoms with van der Waals surface area (Å²) in [5.74, 6) is 0. The molecular weight excluding hydrogens is 671 g/mol. The van der Waals surface area contributed by atoms with E-state index in [1.165, 1.54) is 21.9 Å². The number of hydrogen-bond donors (Lipinski definition) is 0. The number of furan rings is 2. The number of rotatable bonds is 6. The first kappa shape index (κ1) is 31.2. The summed E-state index contributed by atoms with van der Waals surface area (Å²) in [6.45, 7) is 0. The highest BCUT2D eigenvalue weighted by Gasteiger charge is 2.24. The maximum absolute atomic E-state index is 6.63. The van der Waals surface area contributed by atoms with Gasteiger partial charge in [-0.05, 0) is 69.9 Å². The van der Waals surface area contributed by atoms with E-state index >= 15 is 0 Å². The van der Waals surface area contributed by atoms with Crippen molar-refractivity contribution in [3.8, 4) is 33.4 Å². The molecule has 0 aliphatic heterocycles. The molecule has 0 radical (unpaired) electrons. The van der Waals surface area contributed by atoms with Crippen molar-refractivity contribution in [2.75, 3.05) is 4.90 Å². The minimum absolute atomic E-state index is 0.842. The molecule has 11 aromatic rings. The molecule has 55 heavy (non-hydrogen) atoms. The van der Waals surface area contributed by atoms with Crippen molar-refractivity contribution in [3.05, 3.63) is 200 Å². The van der Waals surface area contributed by atoms with Crippen molar-refractivity contribution in [2.45, 2.75) is 0 Å². The molecule has 0 saturated heterocycles. The molecule has 2 aromatic heterocycles. The second-order valence-corrected chi connectivity index (χ2v) is 14.0. The van der Waals surface area contributed by atoms with Crippen LogP contribution in [0, 0.1) is 0 Å². The van der Waals surface area contributed by atoms with E-state index in [1.807, 2.05) is 24.3 Å². The second kappa shape index (κ2) is 12.6. The standard InChI is InChI=1S/C52H33NO2/c1-2-15-35-32-36(29-28-34(35)14-1)38-16-3-4-17-39(38)40-18-5-9-24-47(40)53(37-30-31-44-42-20-7-11-26-49(42)54-51(44)33-37)48-25-10-6-19-41(48)45-22-13-23-46-43-21-8-12-27-50(43)55-52(45)46/h1-33H. The highest BCUT2D eigenvalue weighted by atomic mass is 16.3. The minimum Gasteiger partial charge on any atom is -0.456 e. The van der Waals surface area contributed by atoms with E-state index < -0.39 is 0 Å². The van der Waals surface area contributed by atoms with Gasteiger partial charge >= 0.3 is 0 Å². The molecule has 2 heterocycles. The van der Waals surface area contributed by atoms with Gasteiger partial charge in [-0.15, -0.1) is 0 Å². The van der Waals surface area contributed by atoms with Gasteiger partial charge in [0.25, 0.3) is 0 Å². The van der Waals surface area contributed by atoms with E-state index in [2.05, 4.69) is 181 Å². The fourth-order valence-electron chi connectivity index (χ4n) is 8.34. The normalized spacial score (nSPS) is 11.6. The van der Waals surface area contributed by atoms with E-state index in [9.17, 15) is 0 Å². The van der Waals surface area contributed by atoms with Crippen LogP contribution in [0.15, 0.2) is 209 Å². The summed E-state index contributed by atoms with van der Waals surface area (Å²) in [6.07, 6.45) is 0. The summed E-state index contributed by atoms with van der Waals surface area (Å²) < 4.78 is 13.1. The Morgan fingerprint density at radius 2 is 0.855 bits per heavy atom. The number of hydrogen-bond acceptors (Lipinski definition) is 3. The fourth-order valence-corrected chi connectivity index (χ4v) is 8.34. The van der Waals surface area contributed by atoms with Crippen molar-refractivity contribution in [3.63, 3.8) is 0 Å². The van der Waals surface area contributed by atoms with Crippen LogP contribution in [-0.4, -0.2) is 0 Å². The Labute approximate surface area is 317 Å². The van der Waals surface area contributed by atoms with Crippen LogP contribution in [-0.2, 0) is 0 Å². The smallest absolute Gasteiger partial charge is 0.143 e. The lowest BCUT2D eigenvalue weighted by molar-refractivity contribution is 0.669. The fraction of sp³-hybridized carbons (Fsp3) is 0. The third kappa shape index (κ3) is 5.13. The van der Waals surface area contributed by atoms with Gasteiger partial charge in [0.1, 0.15) is 22.3 Å². The number of nitrogens with zero attached hydrogens (tertiary/aromatic N) is 1. The first-order valence-electron chi connectivity index (χ1n) is 18.7. The molecule has 3 nitrogen and oxygen atoms in total. The zero-order chi connectivity index (χ0) is 36.3. The molecule has 0 fully saturated rings. The van der Waals surface area contributed by atoms with Gasteiger partial charge in [0.05, 0.1) is 11.4 Å². The summed E-state index contributed by atoms with van der Waals surface area (Å²) in [6, 6.07) is 71.0. The molecule has 0 aliphatic carbocycles. The molecule has 0 amide bonds. The van der Waals surface area contributed by atoms with Crippen LogP contribution < -0.4 is 4.90 Å². The molecule has 3 heteroatoms. The number of benzene rings is 9. The van der Waals surface area contributed by atoms with E-state index in [1.54, 1.807) is 0 Å². The van der Waals surface area contributed by atoms with Crippen LogP contribution in [0.25, 0.3) is 88.0 Å². The summed E-state index contributed by atoms with van der Waals surface area (Å²) in [7, 11) is 0. The van der Waals surface area contributed by atoms with E-state index in [-0.39, 0.29) is 0 Å². The highest BCUT2D eigenvalue weighted by molar-refractivity contribution is 6.12. The summed E-state index contributed by atoms with van der Waals surface area (Å²) in [5, 5.41) is 6.86. The van der Waals surface area contributed by atoms with E-state index in [0.717, 1.165) is 83.2 Å².